The van der Waals surface area contributed by atoms with Crippen LogP contribution in [0.4, 0.5) is 4.79 Å². The molecule has 0 fully saturated rings. The number of rotatable bonds is 2. The van der Waals surface area contributed by atoms with Crippen LogP contribution in [0, 0.1) is 0 Å². The molecule has 0 spiro atoms. The summed E-state index contributed by atoms with van der Waals surface area (Å²) in [6, 6.07) is 0. The molecule has 0 saturated heterocycles. The van der Waals surface area contributed by atoms with Gasteiger partial charge in [-0.1, -0.05) is 0 Å². The number of carbonyl (C=O) groups is 1. The van der Waals surface area contributed by atoms with Gasteiger partial charge in [0.25, 0.3) is 0 Å². The van der Waals surface area contributed by atoms with Crippen molar-refractivity contribution in [3.8, 4) is 0 Å². The standard InChI is InChI=1S/CH4NO5P/c2-7-8(5,6)1(3)4/h2H2,(H,3,4)(H,5,6). The fraction of sp³-hybridized carbons (Fsp3) is 0. The van der Waals surface area contributed by atoms with Crippen LogP contribution in [0.3, 0.4) is 0 Å². The summed E-state index contributed by atoms with van der Waals surface area (Å²) in [6.07, 6.45) is 0. The van der Waals surface area contributed by atoms with Gasteiger partial charge in [-0.2, -0.15) is 0 Å². The monoisotopic (exact) mass is 141 g/mol. The zero-order valence-electron chi connectivity index (χ0n) is 3.64. The third kappa shape index (κ3) is 1.59. The molecule has 4 N–H and O–H groups in total. The van der Waals surface area contributed by atoms with Crippen molar-refractivity contribution in [2.75, 3.05) is 0 Å². The zero-order chi connectivity index (χ0) is 6.78. The maximum Gasteiger partial charge on any atom is 0.451 e. The molecule has 7 heteroatoms. The van der Waals surface area contributed by atoms with Crippen molar-refractivity contribution >= 4 is 13.3 Å². The Kier molecular flexibility index (Phi) is 2.12. The molecule has 1 unspecified atom stereocenters. The molecule has 0 aliphatic heterocycles. The van der Waals surface area contributed by atoms with Gasteiger partial charge in [0.05, 0.1) is 0 Å². The molecular weight excluding hydrogens is 137 g/mol. The smallest absolute Gasteiger partial charge is 0.451 e. The summed E-state index contributed by atoms with van der Waals surface area (Å²) in [5.74, 6) is 4.11. The Balaban J connectivity index is 4.15. The second-order valence-electron chi connectivity index (χ2n) is 0.908. The van der Waals surface area contributed by atoms with E-state index in [0.717, 1.165) is 0 Å². The Morgan fingerprint density at radius 3 is 2.12 bits per heavy atom. The highest BCUT2D eigenvalue weighted by Crippen LogP contribution is 2.39. The SMILES string of the molecule is NOP(=O)(O)C(=O)O. The van der Waals surface area contributed by atoms with Crippen LogP contribution in [0.1, 0.15) is 0 Å². The average Bonchev–Trinajstić information content (AvgIpc) is 1.67. The minimum atomic E-state index is -4.55. The molecule has 0 saturated carbocycles. The van der Waals surface area contributed by atoms with Crippen molar-refractivity contribution in [2.24, 2.45) is 5.90 Å². The normalized spacial score (nSPS) is 17.2. The van der Waals surface area contributed by atoms with Crippen LogP contribution in [0.5, 0.6) is 0 Å². The van der Waals surface area contributed by atoms with Gasteiger partial charge in [-0.15, -0.1) is 0 Å². The van der Waals surface area contributed by atoms with Gasteiger partial charge in [-0.25, -0.2) is 19.9 Å². The molecule has 6 nitrogen and oxygen atoms in total. The quantitative estimate of drug-likeness (QED) is 0.361. The predicted molar refractivity (Wildman–Crippen MR) is 23.1 cm³/mol. The van der Waals surface area contributed by atoms with E-state index < -0.39 is 13.3 Å². The maximum atomic E-state index is 9.89. The van der Waals surface area contributed by atoms with Crippen molar-refractivity contribution in [1.82, 2.24) is 0 Å². The first-order valence-corrected chi connectivity index (χ1v) is 3.03. The Morgan fingerprint density at radius 1 is 1.75 bits per heavy atom. The van der Waals surface area contributed by atoms with Gasteiger partial charge in [-0.05, 0) is 0 Å². The van der Waals surface area contributed by atoms with Crippen molar-refractivity contribution in [2.45, 2.75) is 0 Å². The summed E-state index contributed by atoms with van der Waals surface area (Å²) in [6.45, 7) is 0. The molecule has 0 aliphatic carbocycles. The van der Waals surface area contributed by atoms with E-state index in [1.165, 1.54) is 0 Å². The lowest BCUT2D eigenvalue weighted by atomic mass is 11.6. The first kappa shape index (κ1) is 7.58. The van der Waals surface area contributed by atoms with Crippen molar-refractivity contribution in [3.05, 3.63) is 0 Å². The van der Waals surface area contributed by atoms with Crippen molar-refractivity contribution < 1.29 is 24.0 Å². The molecule has 0 aliphatic rings. The van der Waals surface area contributed by atoms with Crippen molar-refractivity contribution in [3.63, 3.8) is 0 Å². The molecule has 0 aromatic heterocycles. The van der Waals surface area contributed by atoms with Gasteiger partial charge < -0.3 is 10.00 Å². The second kappa shape index (κ2) is 2.23. The summed E-state index contributed by atoms with van der Waals surface area (Å²) in [5, 5.41) is 7.72. The molecular formula is CH4NO5P. The van der Waals surface area contributed by atoms with Crippen LogP contribution in [-0.2, 0) is 9.19 Å². The molecule has 0 amide bonds. The van der Waals surface area contributed by atoms with Crippen LogP contribution in [0.25, 0.3) is 0 Å². The minimum absolute atomic E-state index is 1.96. The molecule has 48 valence electrons. The Bertz CT molecular complexity index is 141. The van der Waals surface area contributed by atoms with Crippen LogP contribution in [0.2, 0.25) is 0 Å². The summed E-state index contributed by atoms with van der Waals surface area (Å²) >= 11 is 0. The van der Waals surface area contributed by atoms with Gasteiger partial charge >= 0.3 is 13.3 Å². The lowest BCUT2D eigenvalue weighted by Crippen LogP contribution is -2.03. The van der Waals surface area contributed by atoms with Gasteiger partial charge in [0.1, 0.15) is 0 Å². The van der Waals surface area contributed by atoms with E-state index in [1.807, 2.05) is 0 Å². The van der Waals surface area contributed by atoms with Gasteiger partial charge in [0, 0.05) is 0 Å². The molecule has 0 aromatic carbocycles. The predicted octanol–water partition coefficient (Wildman–Crippen LogP) is -0.260. The maximum absolute atomic E-state index is 9.89. The van der Waals surface area contributed by atoms with E-state index >= 15 is 0 Å². The van der Waals surface area contributed by atoms with Gasteiger partial charge in [0.15, 0.2) is 0 Å². The van der Waals surface area contributed by atoms with E-state index in [1.54, 1.807) is 0 Å². The molecule has 1 atom stereocenters. The number of carboxylic acid groups (broad SMARTS) is 1. The summed E-state index contributed by atoms with van der Waals surface area (Å²) < 4.78 is 13.1. The molecule has 0 radical (unpaired) electrons. The van der Waals surface area contributed by atoms with E-state index in [2.05, 4.69) is 10.5 Å². The van der Waals surface area contributed by atoms with E-state index in [0.29, 0.717) is 0 Å². The minimum Gasteiger partial charge on any atom is -0.472 e. The molecule has 8 heavy (non-hydrogen) atoms. The van der Waals surface area contributed by atoms with E-state index in [9.17, 15) is 9.36 Å². The second-order valence-corrected chi connectivity index (χ2v) is 2.54. The lowest BCUT2D eigenvalue weighted by molar-refractivity contribution is 0.197. The average molecular weight is 141 g/mol. The molecule has 0 aromatic rings. The highest BCUT2D eigenvalue weighted by molar-refractivity contribution is 7.70. The summed E-state index contributed by atoms with van der Waals surface area (Å²) in [4.78, 5) is 17.5. The van der Waals surface area contributed by atoms with Crippen LogP contribution in [0.15, 0.2) is 0 Å². The Morgan fingerprint density at radius 2 is 2.12 bits per heavy atom. The third-order valence-electron chi connectivity index (χ3n) is 0.385. The van der Waals surface area contributed by atoms with E-state index in [-0.39, 0.29) is 0 Å². The van der Waals surface area contributed by atoms with E-state index in [4.69, 9.17) is 10.00 Å². The van der Waals surface area contributed by atoms with Crippen molar-refractivity contribution in [1.29, 1.82) is 0 Å². The zero-order valence-corrected chi connectivity index (χ0v) is 4.54. The molecule has 0 bridgehead atoms. The summed E-state index contributed by atoms with van der Waals surface area (Å²) in [5.41, 5.74) is -1.96. The third-order valence-corrected chi connectivity index (χ3v) is 1.15. The Hall–Kier alpha value is -0.420. The number of nitrogens with two attached hydrogens (primary N) is 1. The molecule has 0 heterocycles. The fourth-order valence-electron chi connectivity index (χ4n) is 0.0451. The Labute approximate surface area is 44.4 Å². The fourth-order valence-corrected chi connectivity index (χ4v) is 0.135. The van der Waals surface area contributed by atoms with Crippen LogP contribution in [-0.4, -0.2) is 15.7 Å². The first-order chi connectivity index (χ1) is 3.50. The number of hydrogen-bond donors (Lipinski definition) is 3. The largest absolute Gasteiger partial charge is 0.472 e. The molecule has 0 rings (SSSR count). The lowest BCUT2D eigenvalue weighted by Gasteiger charge is -1.97. The van der Waals surface area contributed by atoms with Crippen LogP contribution < -0.4 is 5.90 Å². The van der Waals surface area contributed by atoms with Crippen LogP contribution >= 0.6 is 7.60 Å². The first-order valence-electron chi connectivity index (χ1n) is 1.45. The summed E-state index contributed by atoms with van der Waals surface area (Å²) in [7, 11) is -4.55. The highest BCUT2D eigenvalue weighted by atomic mass is 31.2. The highest BCUT2D eigenvalue weighted by Gasteiger charge is 2.28. The topological polar surface area (TPSA) is 110 Å². The number of hydrogen-bond acceptors (Lipinski definition) is 4. The van der Waals surface area contributed by atoms with Gasteiger partial charge in [-0.3, -0.25) is 0 Å². The van der Waals surface area contributed by atoms with Gasteiger partial charge in [0.2, 0.25) is 0 Å².